The predicted octanol–water partition coefficient (Wildman–Crippen LogP) is 3.06. The largest absolute Gasteiger partial charge is 0.508 e. The molecule has 0 aromatic heterocycles. The van der Waals surface area contributed by atoms with Crippen LogP contribution in [0.25, 0.3) is 0 Å². The standard InChI is InChI=1S/C17H26N2O/c1-13(14-5-4-7-17(20)11-14)19(16-8-9-16)12-15-6-2-3-10-18-15/h4-5,7,11,13,15-16,18,20H,2-3,6,8-10,12H2,1H3. The van der Waals surface area contributed by atoms with Gasteiger partial charge in [0.25, 0.3) is 0 Å². The van der Waals surface area contributed by atoms with Crippen LogP contribution in [0.1, 0.15) is 50.6 Å². The fraction of sp³-hybridized carbons (Fsp3) is 0.647. The molecule has 1 saturated carbocycles. The van der Waals surface area contributed by atoms with E-state index in [1.807, 2.05) is 12.1 Å². The molecule has 1 aromatic rings. The number of rotatable bonds is 5. The van der Waals surface area contributed by atoms with E-state index in [2.05, 4.69) is 23.2 Å². The fourth-order valence-corrected chi connectivity index (χ4v) is 3.34. The highest BCUT2D eigenvalue weighted by molar-refractivity contribution is 5.29. The van der Waals surface area contributed by atoms with Crippen molar-refractivity contribution in [2.75, 3.05) is 13.1 Å². The Hall–Kier alpha value is -1.06. The molecule has 3 rings (SSSR count). The van der Waals surface area contributed by atoms with Gasteiger partial charge in [0.15, 0.2) is 0 Å². The molecule has 3 heteroatoms. The highest BCUT2D eigenvalue weighted by Crippen LogP contribution is 2.35. The summed E-state index contributed by atoms with van der Waals surface area (Å²) in [4.78, 5) is 2.64. The minimum absolute atomic E-state index is 0.376. The molecule has 1 aliphatic carbocycles. The number of phenolic OH excluding ortho intramolecular Hbond substituents is 1. The van der Waals surface area contributed by atoms with E-state index in [1.165, 1.54) is 44.2 Å². The Morgan fingerprint density at radius 2 is 2.15 bits per heavy atom. The van der Waals surface area contributed by atoms with E-state index in [4.69, 9.17) is 0 Å². The van der Waals surface area contributed by atoms with Crippen molar-refractivity contribution in [3.05, 3.63) is 29.8 Å². The molecule has 1 aliphatic heterocycles. The molecule has 1 saturated heterocycles. The Bertz CT molecular complexity index is 438. The van der Waals surface area contributed by atoms with E-state index in [0.29, 0.717) is 17.8 Å². The lowest BCUT2D eigenvalue weighted by Crippen LogP contribution is -2.45. The number of hydrogen-bond donors (Lipinski definition) is 2. The summed E-state index contributed by atoms with van der Waals surface area (Å²) in [6.07, 6.45) is 6.64. The van der Waals surface area contributed by atoms with Crippen LogP contribution in [-0.2, 0) is 0 Å². The van der Waals surface area contributed by atoms with Gasteiger partial charge in [-0.25, -0.2) is 0 Å². The molecule has 2 atom stereocenters. The number of benzene rings is 1. The first-order valence-electron chi connectivity index (χ1n) is 8.02. The number of nitrogens with one attached hydrogen (secondary N) is 1. The third kappa shape index (κ3) is 3.33. The van der Waals surface area contributed by atoms with E-state index < -0.39 is 0 Å². The number of nitrogens with zero attached hydrogens (tertiary/aromatic N) is 1. The van der Waals surface area contributed by atoms with E-state index in [-0.39, 0.29) is 0 Å². The molecular formula is C17H26N2O. The highest BCUT2D eigenvalue weighted by atomic mass is 16.3. The second kappa shape index (κ2) is 6.15. The van der Waals surface area contributed by atoms with Crippen molar-refractivity contribution in [3.8, 4) is 5.75 Å². The first-order valence-corrected chi connectivity index (χ1v) is 8.02. The number of aromatic hydroxyl groups is 1. The van der Waals surface area contributed by atoms with Gasteiger partial charge in [-0.2, -0.15) is 0 Å². The summed E-state index contributed by atoms with van der Waals surface area (Å²) in [5.41, 5.74) is 1.23. The van der Waals surface area contributed by atoms with Crippen LogP contribution in [0.2, 0.25) is 0 Å². The van der Waals surface area contributed by atoms with Crippen molar-refractivity contribution >= 4 is 0 Å². The van der Waals surface area contributed by atoms with Gasteiger partial charge in [-0.3, -0.25) is 4.90 Å². The molecule has 3 nitrogen and oxygen atoms in total. The molecule has 2 N–H and O–H groups in total. The Kier molecular flexibility index (Phi) is 4.27. The molecule has 0 spiro atoms. The van der Waals surface area contributed by atoms with Crippen LogP contribution in [0, 0.1) is 0 Å². The minimum atomic E-state index is 0.376. The summed E-state index contributed by atoms with van der Waals surface area (Å²) >= 11 is 0. The molecule has 1 aromatic carbocycles. The lowest BCUT2D eigenvalue weighted by Gasteiger charge is -2.35. The van der Waals surface area contributed by atoms with Crippen molar-refractivity contribution in [2.45, 2.75) is 57.2 Å². The summed E-state index contributed by atoms with van der Waals surface area (Å²) in [6.45, 7) is 4.58. The second-order valence-corrected chi connectivity index (χ2v) is 6.35. The quantitative estimate of drug-likeness (QED) is 0.866. The first kappa shape index (κ1) is 13.9. The first-order chi connectivity index (χ1) is 9.74. The van der Waals surface area contributed by atoms with E-state index in [1.54, 1.807) is 6.07 Å². The zero-order chi connectivity index (χ0) is 13.9. The van der Waals surface area contributed by atoms with E-state index >= 15 is 0 Å². The van der Waals surface area contributed by atoms with Gasteiger partial charge in [0.1, 0.15) is 5.75 Å². The van der Waals surface area contributed by atoms with Crippen molar-refractivity contribution in [1.29, 1.82) is 0 Å². The molecule has 2 unspecified atom stereocenters. The van der Waals surface area contributed by atoms with Crippen molar-refractivity contribution in [1.82, 2.24) is 10.2 Å². The van der Waals surface area contributed by atoms with Crippen LogP contribution in [0.4, 0.5) is 0 Å². The highest BCUT2D eigenvalue weighted by Gasteiger charge is 2.34. The Morgan fingerprint density at radius 1 is 1.30 bits per heavy atom. The average Bonchev–Trinajstić information content (AvgIpc) is 3.30. The van der Waals surface area contributed by atoms with Gasteiger partial charge in [0.05, 0.1) is 0 Å². The third-order valence-corrected chi connectivity index (χ3v) is 4.71. The maximum Gasteiger partial charge on any atom is 0.115 e. The average molecular weight is 274 g/mol. The van der Waals surface area contributed by atoms with Gasteiger partial charge in [-0.1, -0.05) is 18.6 Å². The van der Waals surface area contributed by atoms with Crippen molar-refractivity contribution in [3.63, 3.8) is 0 Å². The Balaban J connectivity index is 1.69. The second-order valence-electron chi connectivity index (χ2n) is 6.35. The lowest BCUT2D eigenvalue weighted by molar-refractivity contribution is 0.166. The minimum Gasteiger partial charge on any atom is -0.508 e. The van der Waals surface area contributed by atoms with E-state index in [9.17, 15) is 5.11 Å². The maximum absolute atomic E-state index is 9.69. The molecule has 110 valence electrons. The van der Waals surface area contributed by atoms with Crippen LogP contribution in [0.5, 0.6) is 5.75 Å². The summed E-state index contributed by atoms with van der Waals surface area (Å²) in [5, 5.41) is 13.3. The summed E-state index contributed by atoms with van der Waals surface area (Å²) in [6, 6.07) is 9.52. The van der Waals surface area contributed by atoms with Crippen LogP contribution < -0.4 is 5.32 Å². The molecule has 0 bridgehead atoms. The normalized spacial score (nSPS) is 24.8. The number of hydrogen-bond acceptors (Lipinski definition) is 3. The molecule has 0 radical (unpaired) electrons. The van der Waals surface area contributed by atoms with E-state index in [0.717, 1.165) is 12.6 Å². The van der Waals surface area contributed by atoms with Crippen LogP contribution in [0.3, 0.4) is 0 Å². The summed E-state index contributed by atoms with van der Waals surface area (Å²) in [7, 11) is 0. The molecular weight excluding hydrogens is 248 g/mol. The fourth-order valence-electron chi connectivity index (χ4n) is 3.34. The van der Waals surface area contributed by atoms with Gasteiger partial charge >= 0.3 is 0 Å². The molecule has 20 heavy (non-hydrogen) atoms. The number of piperidine rings is 1. The van der Waals surface area contributed by atoms with Crippen LogP contribution >= 0.6 is 0 Å². The van der Waals surface area contributed by atoms with Crippen LogP contribution in [0.15, 0.2) is 24.3 Å². The maximum atomic E-state index is 9.69. The molecule has 0 amide bonds. The predicted molar refractivity (Wildman–Crippen MR) is 81.9 cm³/mol. The van der Waals surface area contributed by atoms with Gasteiger partial charge in [-0.15, -0.1) is 0 Å². The smallest absolute Gasteiger partial charge is 0.115 e. The third-order valence-electron chi connectivity index (χ3n) is 4.71. The number of phenols is 1. The Morgan fingerprint density at radius 3 is 2.80 bits per heavy atom. The summed E-state index contributed by atoms with van der Waals surface area (Å²) in [5.74, 6) is 0.376. The molecule has 2 fully saturated rings. The van der Waals surface area contributed by atoms with Crippen molar-refractivity contribution in [2.24, 2.45) is 0 Å². The van der Waals surface area contributed by atoms with Crippen LogP contribution in [-0.4, -0.2) is 35.2 Å². The van der Waals surface area contributed by atoms with Gasteiger partial charge in [0, 0.05) is 24.7 Å². The lowest BCUT2D eigenvalue weighted by atomic mass is 10.0. The zero-order valence-electron chi connectivity index (χ0n) is 12.4. The molecule has 2 aliphatic rings. The van der Waals surface area contributed by atoms with Gasteiger partial charge < -0.3 is 10.4 Å². The van der Waals surface area contributed by atoms with Gasteiger partial charge in [-0.05, 0) is 56.8 Å². The van der Waals surface area contributed by atoms with Gasteiger partial charge in [0.2, 0.25) is 0 Å². The van der Waals surface area contributed by atoms with Crippen molar-refractivity contribution < 1.29 is 5.11 Å². The summed E-state index contributed by atoms with van der Waals surface area (Å²) < 4.78 is 0. The molecule has 1 heterocycles. The monoisotopic (exact) mass is 274 g/mol. The SMILES string of the molecule is CC(c1cccc(O)c1)N(CC1CCCCN1)C1CC1. The topological polar surface area (TPSA) is 35.5 Å². The zero-order valence-corrected chi connectivity index (χ0v) is 12.4. The Labute approximate surface area is 122 Å².